The van der Waals surface area contributed by atoms with E-state index in [9.17, 15) is 9.59 Å². The Balaban J connectivity index is 1.75. The van der Waals surface area contributed by atoms with Gasteiger partial charge in [0.2, 0.25) is 0 Å². The fourth-order valence-electron chi connectivity index (χ4n) is 3.90. The van der Waals surface area contributed by atoms with Crippen molar-refractivity contribution in [3.63, 3.8) is 0 Å². The van der Waals surface area contributed by atoms with Gasteiger partial charge < -0.3 is 10.1 Å². The lowest BCUT2D eigenvalue weighted by Gasteiger charge is -2.16. The summed E-state index contributed by atoms with van der Waals surface area (Å²) in [7, 11) is 1.27. The Hall–Kier alpha value is -3.03. The number of amides is 1. The van der Waals surface area contributed by atoms with Gasteiger partial charge in [-0.3, -0.25) is 4.79 Å². The minimum atomic E-state index is -0.943. The molecule has 0 unspecified atom stereocenters. The summed E-state index contributed by atoms with van der Waals surface area (Å²) < 4.78 is 6.52. The number of esters is 1. The summed E-state index contributed by atoms with van der Waals surface area (Å²) in [5, 5.41) is 9.32. The molecule has 0 saturated heterocycles. The zero-order valence-corrected chi connectivity index (χ0v) is 22.8. The van der Waals surface area contributed by atoms with E-state index in [0.717, 1.165) is 11.1 Å². The molecule has 3 aromatic carbocycles. The van der Waals surface area contributed by atoms with Gasteiger partial charge in [0.05, 0.1) is 23.5 Å². The number of hydrogen-bond acceptors (Lipinski definition) is 4. The molecule has 0 radical (unpaired) electrons. The first-order valence-electron chi connectivity index (χ1n) is 11.1. The summed E-state index contributed by atoms with van der Waals surface area (Å²) in [6.07, 6.45) is 0.211. The van der Waals surface area contributed by atoms with Crippen LogP contribution in [0.3, 0.4) is 0 Å². The van der Waals surface area contributed by atoms with Crippen LogP contribution in [0.25, 0.3) is 16.9 Å². The van der Waals surface area contributed by atoms with Crippen molar-refractivity contribution < 1.29 is 14.3 Å². The number of halogens is 4. The van der Waals surface area contributed by atoms with Crippen molar-refractivity contribution in [2.24, 2.45) is 0 Å². The summed E-state index contributed by atoms with van der Waals surface area (Å²) in [4.78, 5) is 26.0. The Bertz CT molecular complexity index is 1450. The summed E-state index contributed by atoms with van der Waals surface area (Å²) in [5.41, 5.74) is 3.45. The van der Waals surface area contributed by atoms with Crippen molar-refractivity contribution in [2.45, 2.75) is 19.4 Å². The molecule has 1 aromatic heterocycles. The fraction of sp³-hybridized carbons (Fsp3) is 0.148. The number of ether oxygens (including phenoxy) is 1. The van der Waals surface area contributed by atoms with E-state index in [0.29, 0.717) is 37.0 Å². The lowest BCUT2D eigenvalue weighted by Crippen LogP contribution is -2.43. The van der Waals surface area contributed by atoms with E-state index in [-0.39, 0.29) is 12.1 Å². The number of nitrogens with zero attached hydrogens (tertiary/aromatic N) is 2. The average Bonchev–Trinajstić information content (AvgIpc) is 3.21. The highest BCUT2D eigenvalue weighted by molar-refractivity contribution is 6.35. The SMILES string of the molecule is COC(=O)[C@@H](Cc1ccc(Cl)cc1)NC(=O)c1nn(-c2ccc(Cl)cc2Cl)c(-c2ccc(Cl)cc2)c1C. The summed E-state index contributed by atoms with van der Waals surface area (Å²) in [5.74, 6) is -1.13. The van der Waals surface area contributed by atoms with Crippen LogP contribution in [0.5, 0.6) is 0 Å². The molecule has 10 heteroatoms. The van der Waals surface area contributed by atoms with Gasteiger partial charge in [0.1, 0.15) is 6.04 Å². The maximum absolute atomic E-state index is 13.5. The van der Waals surface area contributed by atoms with Crippen LogP contribution in [-0.4, -0.2) is 34.8 Å². The molecule has 0 bridgehead atoms. The standard InChI is InChI=1S/C27H21Cl4N3O3/c1-15-24(26(35)32-22(27(36)37-2)13-16-3-7-18(28)8-4-16)33-34(23-12-11-20(30)14-21(23)31)25(15)17-5-9-19(29)10-6-17/h3-12,14,22H,13H2,1-2H3,(H,32,35)/t22-/m1/s1. The highest BCUT2D eigenvalue weighted by Gasteiger charge is 2.28. The van der Waals surface area contributed by atoms with Crippen molar-refractivity contribution in [1.29, 1.82) is 0 Å². The molecule has 1 heterocycles. The molecule has 1 atom stereocenters. The number of hydrogen-bond donors (Lipinski definition) is 1. The quantitative estimate of drug-likeness (QED) is 0.241. The molecule has 0 aliphatic carbocycles. The number of rotatable bonds is 7. The first-order chi connectivity index (χ1) is 17.7. The first kappa shape index (κ1) is 27.0. The predicted molar refractivity (Wildman–Crippen MR) is 147 cm³/mol. The van der Waals surface area contributed by atoms with E-state index in [1.807, 2.05) is 12.1 Å². The maximum Gasteiger partial charge on any atom is 0.328 e. The van der Waals surface area contributed by atoms with Gasteiger partial charge in [-0.15, -0.1) is 0 Å². The van der Waals surface area contributed by atoms with Gasteiger partial charge in [-0.2, -0.15) is 5.10 Å². The average molecular weight is 577 g/mol. The molecule has 4 aromatic rings. The van der Waals surface area contributed by atoms with E-state index in [2.05, 4.69) is 10.4 Å². The number of benzene rings is 3. The summed E-state index contributed by atoms with van der Waals surface area (Å²) in [6.45, 7) is 1.78. The third kappa shape index (κ3) is 6.11. The van der Waals surface area contributed by atoms with E-state index >= 15 is 0 Å². The van der Waals surface area contributed by atoms with E-state index < -0.39 is 17.9 Å². The van der Waals surface area contributed by atoms with E-state index in [1.54, 1.807) is 66.2 Å². The molecule has 0 fully saturated rings. The number of nitrogens with one attached hydrogen (secondary N) is 1. The third-order valence-corrected chi connectivity index (χ3v) is 6.78. The van der Waals surface area contributed by atoms with E-state index in [1.165, 1.54) is 7.11 Å². The van der Waals surface area contributed by atoms with Crippen molar-refractivity contribution >= 4 is 58.3 Å². The number of carbonyl (C=O) groups is 2. The van der Waals surface area contributed by atoms with Gasteiger partial charge in [0.15, 0.2) is 5.69 Å². The third-order valence-electron chi connectivity index (χ3n) is 5.74. The van der Waals surface area contributed by atoms with Crippen LogP contribution >= 0.6 is 46.4 Å². The van der Waals surface area contributed by atoms with Crippen molar-refractivity contribution in [1.82, 2.24) is 15.1 Å². The van der Waals surface area contributed by atoms with Gasteiger partial charge in [-0.25, -0.2) is 9.48 Å². The van der Waals surface area contributed by atoms with Crippen LogP contribution < -0.4 is 5.32 Å². The van der Waals surface area contributed by atoms with Gasteiger partial charge in [0, 0.05) is 32.6 Å². The van der Waals surface area contributed by atoms with E-state index in [4.69, 9.17) is 51.1 Å². The maximum atomic E-state index is 13.5. The molecule has 0 spiro atoms. The minimum Gasteiger partial charge on any atom is -0.467 e. The topological polar surface area (TPSA) is 73.2 Å². The van der Waals surface area contributed by atoms with Crippen molar-refractivity contribution in [3.05, 3.63) is 104 Å². The van der Waals surface area contributed by atoms with Crippen LogP contribution in [0.1, 0.15) is 21.6 Å². The number of methoxy groups -OCH3 is 1. The van der Waals surface area contributed by atoms with Gasteiger partial charge in [0.25, 0.3) is 5.91 Å². The normalized spacial score (nSPS) is 11.7. The molecule has 1 N–H and O–H groups in total. The van der Waals surface area contributed by atoms with Crippen LogP contribution in [-0.2, 0) is 16.0 Å². The molecular weight excluding hydrogens is 556 g/mol. The summed E-state index contributed by atoms with van der Waals surface area (Å²) >= 11 is 24.7. The second-order valence-corrected chi connectivity index (χ2v) is 9.93. The molecule has 4 rings (SSSR count). The summed E-state index contributed by atoms with van der Waals surface area (Å²) in [6, 6.07) is 18.2. The molecular formula is C27H21Cl4N3O3. The molecule has 0 saturated carbocycles. The van der Waals surface area contributed by atoms with Crippen molar-refractivity contribution in [2.75, 3.05) is 7.11 Å². The predicted octanol–water partition coefficient (Wildman–Crippen LogP) is 6.98. The Kier molecular flexibility index (Phi) is 8.45. The Morgan fingerprint density at radius 3 is 2.11 bits per heavy atom. The Morgan fingerprint density at radius 2 is 1.51 bits per heavy atom. The lowest BCUT2D eigenvalue weighted by molar-refractivity contribution is -0.142. The zero-order valence-electron chi connectivity index (χ0n) is 19.8. The van der Waals surface area contributed by atoms with Crippen LogP contribution in [0.4, 0.5) is 0 Å². The smallest absolute Gasteiger partial charge is 0.328 e. The highest BCUT2D eigenvalue weighted by Crippen LogP contribution is 2.33. The zero-order chi connectivity index (χ0) is 26.7. The van der Waals surface area contributed by atoms with Crippen LogP contribution in [0, 0.1) is 6.92 Å². The fourth-order valence-corrected chi connectivity index (χ4v) is 4.64. The van der Waals surface area contributed by atoms with Gasteiger partial charge in [-0.1, -0.05) is 70.7 Å². The molecule has 6 nitrogen and oxygen atoms in total. The molecule has 37 heavy (non-hydrogen) atoms. The second-order valence-electron chi connectivity index (χ2n) is 8.22. The number of aromatic nitrogens is 2. The molecule has 0 aliphatic heterocycles. The van der Waals surface area contributed by atoms with Gasteiger partial charge >= 0.3 is 5.97 Å². The molecule has 0 aliphatic rings. The highest BCUT2D eigenvalue weighted by atomic mass is 35.5. The molecule has 190 valence electrons. The van der Waals surface area contributed by atoms with Crippen LogP contribution in [0.2, 0.25) is 20.1 Å². The number of carbonyl (C=O) groups excluding carboxylic acids is 2. The Labute approximate surface area is 234 Å². The molecule has 1 amide bonds. The van der Waals surface area contributed by atoms with Crippen molar-refractivity contribution in [3.8, 4) is 16.9 Å². The second kappa shape index (κ2) is 11.6. The monoisotopic (exact) mass is 575 g/mol. The largest absolute Gasteiger partial charge is 0.467 e. The lowest BCUT2D eigenvalue weighted by atomic mass is 10.0. The van der Waals surface area contributed by atoms with Crippen LogP contribution in [0.15, 0.2) is 66.7 Å². The first-order valence-corrected chi connectivity index (χ1v) is 12.6. The minimum absolute atomic E-state index is 0.126. The van der Waals surface area contributed by atoms with Gasteiger partial charge in [-0.05, 0) is 55.0 Å². The Morgan fingerprint density at radius 1 is 0.919 bits per heavy atom.